The highest BCUT2D eigenvalue weighted by Gasteiger charge is 2.48. The normalized spacial score (nSPS) is 22.2. The van der Waals surface area contributed by atoms with Crippen molar-refractivity contribution in [3.63, 3.8) is 0 Å². The molecule has 1 aromatic rings. The van der Waals surface area contributed by atoms with Crippen LogP contribution in [-0.4, -0.2) is 52.1 Å². The smallest absolute Gasteiger partial charge is 0.308 e. The van der Waals surface area contributed by atoms with E-state index < -0.39 is 24.2 Å². The average Bonchev–Trinajstić information content (AvgIpc) is 3.24. The van der Waals surface area contributed by atoms with Gasteiger partial charge in [-0.05, 0) is 49.5 Å². The number of rotatable bonds is 12. The van der Waals surface area contributed by atoms with Gasteiger partial charge in [-0.2, -0.15) is 11.8 Å². The highest BCUT2D eigenvalue weighted by molar-refractivity contribution is 8.00. The first-order valence-electron chi connectivity index (χ1n) is 13.3. The molecule has 1 aliphatic heterocycles. The second kappa shape index (κ2) is 15.1. The topological polar surface area (TPSA) is 55.8 Å². The van der Waals surface area contributed by atoms with E-state index in [9.17, 15) is 9.59 Å². The highest BCUT2D eigenvalue weighted by atomic mass is 35.5. The van der Waals surface area contributed by atoms with Gasteiger partial charge >= 0.3 is 5.97 Å². The number of amides is 1. The van der Waals surface area contributed by atoms with Crippen LogP contribution in [0.25, 0.3) is 0 Å². The molecule has 0 spiro atoms. The Hall–Kier alpha value is -0.990. The van der Waals surface area contributed by atoms with E-state index in [1.54, 1.807) is 0 Å². The Balaban J connectivity index is 2.63. The second-order valence-corrected chi connectivity index (χ2v) is 15.2. The summed E-state index contributed by atoms with van der Waals surface area (Å²) in [4.78, 5) is 29.8. The molecular formula is C29H43Cl2NO4S2. The second-order valence-electron chi connectivity index (χ2n) is 11.0. The number of allylic oxidation sites excluding steroid dienone is 2. The van der Waals surface area contributed by atoms with Crippen molar-refractivity contribution in [3.8, 4) is 0 Å². The molecule has 0 bridgehead atoms. The molecule has 2 rings (SSSR count). The van der Waals surface area contributed by atoms with E-state index in [0.717, 1.165) is 29.0 Å². The summed E-state index contributed by atoms with van der Waals surface area (Å²) >= 11 is 16.0. The Bertz CT molecular complexity index is 995. The minimum absolute atomic E-state index is 0.0374. The van der Waals surface area contributed by atoms with Crippen molar-refractivity contribution >= 4 is 58.2 Å². The number of hydrogen-bond donors (Lipinski definition) is 0. The molecule has 4 unspecified atom stereocenters. The molecule has 1 aromatic heterocycles. The predicted molar refractivity (Wildman–Crippen MR) is 162 cm³/mol. The summed E-state index contributed by atoms with van der Waals surface area (Å²) in [6.07, 6.45) is 3.88. The van der Waals surface area contributed by atoms with Gasteiger partial charge in [0.25, 0.3) is 5.91 Å². The Labute approximate surface area is 247 Å². The third kappa shape index (κ3) is 9.88. The van der Waals surface area contributed by atoms with Crippen molar-refractivity contribution < 1.29 is 19.1 Å². The van der Waals surface area contributed by atoms with Crippen LogP contribution in [0.5, 0.6) is 0 Å². The highest BCUT2D eigenvalue weighted by Crippen LogP contribution is 2.43. The summed E-state index contributed by atoms with van der Waals surface area (Å²) in [5, 5.41) is 0.614. The summed E-state index contributed by atoms with van der Waals surface area (Å²) in [7, 11) is 0. The molecule has 1 aliphatic rings. The molecule has 1 saturated heterocycles. The zero-order chi connectivity index (χ0) is 28.6. The molecule has 0 aliphatic carbocycles. The maximum absolute atomic E-state index is 14.2. The molecule has 1 fully saturated rings. The van der Waals surface area contributed by atoms with E-state index in [-0.39, 0.29) is 29.0 Å². The number of nitrogens with zero attached hydrogens (tertiary/aromatic N) is 1. The summed E-state index contributed by atoms with van der Waals surface area (Å²) in [6, 6.07) is 3.35. The molecule has 0 aromatic carbocycles. The van der Waals surface area contributed by atoms with Gasteiger partial charge in [0.1, 0.15) is 12.2 Å². The van der Waals surface area contributed by atoms with Gasteiger partial charge in [0.05, 0.1) is 23.4 Å². The van der Waals surface area contributed by atoms with E-state index >= 15 is 0 Å². The molecule has 0 saturated carbocycles. The summed E-state index contributed by atoms with van der Waals surface area (Å²) in [6.45, 7) is 16.8. The average molecular weight is 605 g/mol. The number of halogens is 2. The lowest BCUT2D eigenvalue weighted by atomic mass is 9.92. The molecule has 9 heteroatoms. The van der Waals surface area contributed by atoms with E-state index in [1.807, 2.05) is 55.6 Å². The van der Waals surface area contributed by atoms with Crippen LogP contribution in [0, 0.1) is 5.92 Å². The first-order valence-corrected chi connectivity index (χ1v) is 15.9. The minimum Gasteiger partial charge on any atom is -0.465 e. The number of thioether (sulfide) groups is 1. The van der Waals surface area contributed by atoms with E-state index in [1.165, 1.54) is 11.3 Å². The summed E-state index contributed by atoms with van der Waals surface area (Å²) in [5.41, 5.74) is 0.880. The SMILES string of the molecule is CCC=C(C=C(C)Cl)C1OC(CC(=O)OCC(C)C)C(=O)N(C(CC)CSC(C)(C)C)C1c1ccc(Cl)s1. The molecule has 0 N–H and O–H groups in total. The van der Waals surface area contributed by atoms with Crippen LogP contribution in [0.15, 0.2) is 34.9 Å². The molecule has 4 atom stereocenters. The molecule has 214 valence electrons. The van der Waals surface area contributed by atoms with Crippen molar-refractivity contribution in [3.05, 3.63) is 44.1 Å². The van der Waals surface area contributed by atoms with Crippen LogP contribution in [0.4, 0.5) is 0 Å². The lowest BCUT2D eigenvalue weighted by molar-refractivity contribution is -0.178. The van der Waals surface area contributed by atoms with Gasteiger partial charge < -0.3 is 14.4 Å². The third-order valence-electron chi connectivity index (χ3n) is 5.95. The Morgan fingerprint density at radius 3 is 2.47 bits per heavy atom. The van der Waals surface area contributed by atoms with Crippen LogP contribution in [0.2, 0.25) is 4.34 Å². The maximum Gasteiger partial charge on any atom is 0.308 e. The van der Waals surface area contributed by atoms with Crippen molar-refractivity contribution in [1.29, 1.82) is 0 Å². The van der Waals surface area contributed by atoms with Gasteiger partial charge in [-0.15, -0.1) is 11.3 Å². The van der Waals surface area contributed by atoms with Gasteiger partial charge in [-0.3, -0.25) is 9.59 Å². The molecule has 1 amide bonds. The van der Waals surface area contributed by atoms with Gasteiger partial charge in [0, 0.05) is 26.5 Å². The number of carbonyl (C=O) groups excluding carboxylic acids is 2. The number of carbonyl (C=O) groups is 2. The number of hydrogen-bond acceptors (Lipinski definition) is 6. The van der Waals surface area contributed by atoms with Crippen molar-refractivity contribution in [2.75, 3.05) is 12.4 Å². The molecule has 0 radical (unpaired) electrons. The quantitative estimate of drug-likeness (QED) is 0.177. The lowest BCUT2D eigenvalue weighted by Crippen LogP contribution is -2.58. The summed E-state index contributed by atoms with van der Waals surface area (Å²) in [5.74, 6) is 0.334. The molecular weight excluding hydrogens is 561 g/mol. The third-order valence-corrected chi connectivity index (χ3v) is 8.78. The van der Waals surface area contributed by atoms with Crippen molar-refractivity contribution in [2.24, 2.45) is 5.92 Å². The fraction of sp³-hybridized carbons (Fsp3) is 0.655. The Morgan fingerprint density at radius 2 is 1.97 bits per heavy atom. The van der Waals surface area contributed by atoms with Crippen LogP contribution in [0.3, 0.4) is 0 Å². The zero-order valence-corrected chi connectivity index (χ0v) is 27.0. The monoisotopic (exact) mass is 603 g/mol. The van der Waals surface area contributed by atoms with E-state index in [2.05, 4.69) is 40.7 Å². The fourth-order valence-corrected chi connectivity index (χ4v) is 6.67. The van der Waals surface area contributed by atoms with Gasteiger partial charge in [-0.1, -0.05) is 77.7 Å². The van der Waals surface area contributed by atoms with Gasteiger partial charge in [-0.25, -0.2) is 0 Å². The van der Waals surface area contributed by atoms with Gasteiger partial charge in [0.15, 0.2) is 0 Å². The van der Waals surface area contributed by atoms with E-state index in [0.29, 0.717) is 16.0 Å². The van der Waals surface area contributed by atoms with Crippen LogP contribution in [0.1, 0.15) is 85.6 Å². The zero-order valence-electron chi connectivity index (χ0n) is 23.9. The molecule has 38 heavy (non-hydrogen) atoms. The minimum atomic E-state index is -0.954. The Morgan fingerprint density at radius 1 is 1.29 bits per heavy atom. The number of morpholine rings is 1. The molecule has 5 nitrogen and oxygen atoms in total. The number of thiophene rings is 1. The lowest BCUT2D eigenvalue weighted by Gasteiger charge is -2.48. The van der Waals surface area contributed by atoms with Crippen LogP contribution in [-0.2, 0) is 19.1 Å². The van der Waals surface area contributed by atoms with Crippen molar-refractivity contribution in [2.45, 2.75) is 104 Å². The van der Waals surface area contributed by atoms with Crippen LogP contribution >= 0.6 is 46.3 Å². The van der Waals surface area contributed by atoms with Crippen LogP contribution < -0.4 is 0 Å². The van der Waals surface area contributed by atoms with Crippen molar-refractivity contribution in [1.82, 2.24) is 4.90 Å². The standard InChI is InChI=1S/C29H43Cl2NO4S2/c1-9-11-20(14-19(5)30)27-26(23-12-13-24(31)38-23)32(21(10-2)17-37-29(6,7)8)28(34)22(36-27)15-25(33)35-16-18(3)4/h11-14,18,21-22,26-27H,9-10,15-17H2,1-8H3. The largest absolute Gasteiger partial charge is 0.465 e. The van der Waals surface area contributed by atoms with E-state index in [4.69, 9.17) is 32.7 Å². The fourth-order valence-electron chi connectivity index (χ4n) is 4.27. The first-order chi connectivity index (χ1) is 17.8. The van der Waals surface area contributed by atoms with Gasteiger partial charge in [0.2, 0.25) is 0 Å². The maximum atomic E-state index is 14.2. The number of esters is 1. The number of ether oxygens (including phenoxy) is 2. The summed E-state index contributed by atoms with van der Waals surface area (Å²) < 4.78 is 12.6. The predicted octanol–water partition coefficient (Wildman–Crippen LogP) is 8.42. The Kier molecular flexibility index (Phi) is 13.2. The molecule has 2 heterocycles. The first kappa shape index (κ1) is 33.2.